The van der Waals surface area contributed by atoms with Crippen LogP contribution in [-0.4, -0.2) is 39.1 Å². The minimum atomic E-state index is -0.320. The molecule has 2 atom stereocenters. The van der Waals surface area contributed by atoms with Gasteiger partial charge in [-0.1, -0.05) is 50.6 Å². The Morgan fingerprint density at radius 3 is 2.48 bits per heavy atom. The molecule has 7 nitrogen and oxygen atoms in total. The summed E-state index contributed by atoms with van der Waals surface area (Å²) in [6.45, 7) is 8.94. The number of carbonyl (C=O) groups excluding carboxylic acids is 1. The lowest BCUT2D eigenvalue weighted by Gasteiger charge is -2.20. The van der Waals surface area contributed by atoms with Gasteiger partial charge in [-0.25, -0.2) is 0 Å². The number of methoxy groups -OCH3 is 1. The van der Waals surface area contributed by atoms with Crippen LogP contribution in [0.2, 0.25) is 0 Å². The normalized spacial score (nSPS) is 16.3. The van der Waals surface area contributed by atoms with Gasteiger partial charge in [-0.05, 0) is 44.7 Å². The quantitative estimate of drug-likeness (QED) is 0.537. The third kappa shape index (κ3) is 6.15. The van der Waals surface area contributed by atoms with E-state index in [0.29, 0.717) is 23.5 Å². The van der Waals surface area contributed by atoms with Crippen LogP contribution in [0.15, 0.2) is 29.4 Å². The second-order valence-electron chi connectivity index (χ2n) is 8.51. The Morgan fingerprint density at radius 1 is 1.16 bits per heavy atom. The molecule has 170 valence electrons. The molecule has 0 bridgehead atoms. The van der Waals surface area contributed by atoms with Crippen molar-refractivity contribution < 1.29 is 14.3 Å². The summed E-state index contributed by atoms with van der Waals surface area (Å²) in [6, 6.07) is 7.88. The minimum absolute atomic E-state index is 0.0656. The lowest BCUT2D eigenvalue weighted by molar-refractivity contribution is -0.120. The van der Waals surface area contributed by atoms with Gasteiger partial charge >= 0.3 is 0 Å². The largest absolute Gasteiger partial charge is 0.493 e. The predicted molar refractivity (Wildman–Crippen MR) is 123 cm³/mol. The van der Waals surface area contributed by atoms with Crippen LogP contribution in [0.5, 0.6) is 11.5 Å². The highest BCUT2D eigenvalue weighted by atomic mass is 32.2. The Kier molecular flexibility index (Phi) is 8.23. The number of ether oxygens (including phenoxy) is 2. The second-order valence-corrected chi connectivity index (χ2v) is 9.81. The summed E-state index contributed by atoms with van der Waals surface area (Å²) in [6.07, 6.45) is 4.23. The van der Waals surface area contributed by atoms with Crippen LogP contribution < -0.4 is 14.8 Å². The van der Waals surface area contributed by atoms with Crippen molar-refractivity contribution in [2.75, 3.05) is 7.11 Å². The number of benzene rings is 1. The molecule has 0 radical (unpaired) electrons. The Morgan fingerprint density at radius 2 is 1.84 bits per heavy atom. The number of para-hydroxylation sites is 2. The Hall–Kier alpha value is -2.22. The Labute approximate surface area is 189 Å². The average Bonchev–Trinajstić information content (AvgIpc) is 3.38. The highest BCUT2D eigenvalue weighted by Gasteiger charge is 2.26. The molecule has 0 spiro atoms. The number of nitrogens with one attached hydrogen (secondary N) is 1. The first-order chi connectivity index (χ1) is 14.9. The number of hydrogen-bond acceptors (Lipinski definition) is 6. The van der Waals surface area contributed by atoms with Crippen LogP contribution in [0.3, 0.4) is 0 Å². The molecule has 1 aliphatic carbocycles. The maximum absolute atomic E-state index is 12.7. The molecule has 1 amide bonds. The topological polar surface area (TPSA) is 78.3 Å². The SMILES string of the molecule is COc1ccccc1OC(C)c1nnc(SC(C)C(=O)NC2CCCC2)n1CC(C)C. The van der Waals surface area contributed by atoms with Crippen molar-refractivity contribution in [2.24, 2.45) is 5.92 Å². The highest BCUT2D eigenvalue weighted by Crippen LogP contribution is 2.32. The summed E-state index contributed by atoms with van der Waals surface area (Å²) in [5.41, 5.74) is 0. The van der Waals surface area contributed by atoms with Crippen molar-refractivity contribution in [1.29, 1.82) is 0 Å². The first kappa shape index (κ1) is 23.4. The summed E-state index contributed by atoms with van der Waals surface area (Å²) in [5.74, 6) is 2.54. The van der Waals surface area contributed by atoms with Crippen LogP contribution in [-0.2, 0) is 11.3 Å². The Bertz CT molecular complexity index is 864. The zero-order chi connectivity index (χ0) is 22.4. The zero-order valence-corrected chi connectivity index (χ0v) is 19.9. The van der Waals surface area contributed by atoms with Crippen LogP contribution in [0.4, 0.5) is 0 Å². The van der Waals surface area contributed by atoms with E-state index in [0.717, 1.165) is 30.4 Å². The molecule has 2 unspecified atom stereocenters. The Balaban J connectivity index is 1.74. The maximum atomic E-state index is 12.7. The summed E-state index contributed by atoms with van der Waals surface area (Å²) in [7, 11) is 1.63. The maximum Gasteiger partial charge on any atom is 0.233 e. The average molecular weight is 447 g/mol. The standard InChI is InChI=1S/C23H34N4O3S/c1-15(2)14-27-21(16(3)30-20-13-9-8-12-19(20)29-5)25-26-23(27)31-17(4)22(28)24-18-10-6-7-11-18/h8-9,12-13,15-18H,6-7,10-11,14H2,1-5H3,(H,24,28). The molecule has 8 heteroatoms. The molecule has 1 fully saturated rings. The number of amides is 1. The van der Waals surface area contributed by atoms with E-state index in [9.17, 15) is 4.79 Å². The number of aromatic nitrogens is 3. The molecular weight excluding hydrogens is 412 g/mol. The second kappa shape index (κ2) is 10.9. The van der Waals surface area contributed by atoms with E-state index in [4.69, 9.17) is 9.47 Å². The van der Waals surface area contributed by atoms with Gasteiger partial charge in [0.1, 0.15) is 0 Å². The van der Waals surface area contributed by atoms with E-state index in [-0.39, 0.29) is 17.3 Å². The molecule has 1 aromatic carbocycles. The van der Waals surface area contributed by atoms with Gasteiger partial charge in [0.2, 0.25) is 5.91 Å². The lowest BCUT2D eigenvalue weighted by atomic mass is 10.2. The summed E-state index contributed by atoms with van der Waals surface area (Å²) >= 11 is 1.45. The zero-order valence-electron chi connectivity index (χ0n) is 19.1. The van der Waals surface area contributed by atoms with E-state index in [1.165, 1.54) is 24.6 Å². The van der Waals surface area contributed by atoms with Gasteiger partial charge in [-0.2, -0.15) is 0 Å². The first-order valence-electron chi connectivity index (χ1n) is 11.1. The molecule has 1 N–H and O–H groups in total. The number of hydrogen-bond donors (Lipinski definition) is 1. The molecule has 1 aliphatic rings. The number of rotatable bonds is 10. The van der Waals surface area contributed by atoms with Crippen molar-refractivity contribution in [1.82, 2.24) is 20.1 Å². The van der Waals surface area contributed by atoms with Crippen molar-refractivity contribution in [3.63, 3.8) is 0 Å². The lowest BCUT2D eigenvalue weighted by Crippen LogP contribution is -2.37. The van der Waals surface area contributed by atoms with Gasteiger partial charge in [-0.3, -0.25) is 4.79 Å². The van der Waals surface area contributed by atoms with Crippen LogP contribution in [0, 0.1) is 5.92 Å². The molecule has 3 rings (SSSR count). The fourth-order valence-electron chi connectivity index (χ4n) is 3.78. The first-order valence-corrected chi connectivity index (χ1v) is 12.0. The van der Waals surface area contributed by atoms with Gasteiger partial charge < -0.3 is 19.4 Å². The van der Waals surface area contributed by atoms with E-state index in [2.05, 4.69) is 33.9 Å². The summed E-state index contributed by atoms with van der Waals surface area (Å²) in [4.78, 5) is 12.7. The molecule has 0 saturated heterocycles. The number of carbonyl (C=O) groups is 1. The van der Waals surface area contributed by atoms with Gasteiger partial charge in [0.15, 0.2) is 28.6 Å². The van der Waals surface area contributed by atoms with Crippen molar-refractivity contribution in [3.05, 3.63) is 30.1 Å². The fraction of sp³-hybridized carbons (Fsp3) is 0.609. The molecule has 1 saturated carbocycles. The molecule has 2 aromatic rings. The number of nitrogens with zero attached hydrogens (tertiary/aromatic N) is 3. The van der Waals surface area contributed by atoms with Gasteiger partial charge in [0.05, 0.1) is 12.4 Å². The molecule has 0 aliphatic heterocycles. The van der Waals surface area contributed by atoms with Crippen molar-refractivity contribution in [3.8, 4) is 11.5 Å². The van der Waals surface area contributed by atoms with E-state index in [1.807, 2.05) is 38.1 Å². The van der Waals surface area contributed by atoms with E-state index >= 15 is 0 Å². The van der Waals surface area contributed by atoms with Crippen molar-refractivity contribution >= 4 is 17.7 Å². The minimum Gasteiger partial charge on any atom is -0.493 e. The predicted octanol–water partition coefficient (Wildman–Crippen LogP) is 4.62. The molecule has 31 heavy (non-hydrogen) atoms. The number of thioether (sulfide) groups is 1. The van der Waals surface area contributed by atoms with Gasteiger partial charge in [0, 0.05) is 12.6 Å². The van der Waals surface area contributed by atoms with Crippen LogP contribution >= 0.6 is 11.8 Å². The van der Waals surface area contributed by atoms with Crippen LogP contribution in [0.25, 0.3) is 0 Å². The summed E-state index contributed by atoms with van der Waals surface area (Å²) in [5, 5.41) is 12.5. The highest BCUT2D eigenvalue weighted by molar-refractivity contribution is 8.00. The molecular formula is C23H34N4O3S. The van der Waals surface area contributed by atoms with Gasteiger partial charge in [0.25, 0.3) is 0 Å². The van der Waals surface area contributed by atoms with Gasteiger partial charge in [-0.15, -0.1) is 10.2 Å². The summed E-state index contributed by atoms with van der Waals surface area (Å²) < 4.78 is 13.6. The molecule has 1 aromatic heterocycles. The van der Waals surface area contributed by atoms with E-state index < -0.39 is 0 Å². The van der Waals surface area contributed by atoms with Crippen molar-refractivity contribution in [2.45, 2.75) is 82.5 Å². The third-order valence-electron chi connectivity index (χ3n) is 5.38. The smallest absolute Gasteiger partial charge is 0.233 e. The monoisotopic (exact) mass is 446 g/mol. The third-order valence-corrected chi connectivity index (χ3v) is 6.46. The molecule has 1 heterocycles. The van der Waals surface area contributed by atoms with E-state index in [1.54, 1.807) is 7.11 Å². The van der Waals surface area contributed by atoms with Crippen LogP contribution in [0.1, 0.15) is 65.3 Å². The fourth-order valence-corrected chi connectivity index (χ4v) is 4.66.